The van der Waals surface area contributed by atoms with Gasteiger partial charge in [0.15, 0.2) is 0 Å². The molecule has 2 saturated heterocycles. The van der Waals surface area contributed by atoms with Crippen molar-refractivity contribution in [1.82, 2.24) is 4.90 Å². The Kier molecular flexibility index (Phi) is 19.2. The minimum atomic E-state index is -2.54. The number of cyclic esters (lactones) is 1. The molecule has 388 valence electrons. The number of esters is 1. The van der Waals surface area contributed by atoms with E-state index in [0.717, 1.165) is 21.9 Å². The van der Waals surface area contributed by atoms with Gasteiger partial charge in [0.05, 0.1) is 36.1 Å². The summed E-state index contributed by atoms with van der Waals surface area (Å²) in [7, 11) is 4.62. The number of hydrogen-bond donors (Lipinski definition) is 4. The summed E-state index contributed by atoms with van der Waals surface area (Å²) in [5.74, 6) is -7.42. The van der Waals surface area contributed by atoms with Crippen LogP contribution in [0.2, 0.25) is 0 Å². The summed E-state index contributed by atoms with van der Waals surface area (Å²) in [6.07, 6.45) is 2.80. The quantitative estimate of drug-likeness (QED) is 0.104. The zero-order chi connectivity index (χ0) is 51.1. The Morgan fingerprint density at radius 1 is 0.914 bits per heavy atom. The molecule has 0 aromatic heterocycles. The maximum atomic E-state index is 14.8. The Balaban J connectivity index is 1.27. The molecule has 2 aromatic rings. The van der Waals surface area contributed by atoms with Crippen molar-refractivity contribution in [1.29, 1.82) is 0 Å². The van der Waals surface area contributed by atoms with Crippen LogP contribution in [-0.4, -0.2) is 131 Å². The van der Waals surface area contributed by atoms with Crippen molar-refractivity contribution in [3.8, 4) is 0 Å². The van der Waals surface area contributed by atoms with Crippen LogP contribution in [-0.2, 0) is 42.9 Å². The third-order valence-corrected chi connectivity index (χ3v) is 16.3. The SMILES string of the molecule is CCC1CCN2C(=O)C(=O)C3(O)OC(C(OC)CC(C)C/C(C)=C\CC(=O)CC(O)C(C)C(C(C)=CC4CCC(O)(CCC(O)c5ccc6ccccc6c5)C(OC)C4)OC(=O)C2C1)C(OC)CC3C. The first kappa shape index (κ1) is 55.5. The van der Waals surface area contributed by atoms with Crippen molar-refractivity contribution in [2.75, 3.05) is 27.9 Å². The summed E-state index contributed by atoms with van der Waals surface area (Å²) < 4.78 is 30.4. The molecule has 15 unspecified atom stereocenters. The van der Waals surface area contributed by atoms with Gasteiger partial charge in [0, 0.05) is 52.6 Å². The number of ether oxygens (including phenoxy) is 5. The number of aliphatic hydroxyl groups excluding tert-OH is 2. The zero-order valence-electron chi connectivity index (χ0n) is 43.0. The Bertz CT molecular complexity index is 2190. The molecular weight excluding hydrogens is 895 g/mol. The fraction of sp³-hybridized carbons (Fsp3) is 0.679. The van der Waals surface area contributed by atoms with Crippen LogP contribution in [0.1, 0.15) is 137 Å². The lowest BCUT2D eigenvalue weighted by atomic mass is 9.73. The molecule has 6 rings (SSSR count). The fourth-order valence-electron chi connectivity index (χ4n) is 11.7. The monoisotopic (exact) mass is 976 g/mol. The number of methoxy groups -OCH3 is 3. The minimum Gasteiger partial charge on any atom is -0.456 e. The Morgan fingerprint density at radius 2 is 1.61 bits per heavy atom. The van der Waals surface area contributed by atoms with E-state index in [2.05, 4.69) is 0 Å². The molecule has 3 fully saturated rings. The van der Waals surface area contributed by atoms with E-state index < -0.39 is 89.7 Å². The van der Waals surface area contributed by atoms with Crippen LogP contribution in [0.5, 0.6) is 0 Å². The van der Waals surface area contributed by atoms with E-state index in [0.29, 0.717) is 63.4 Å². The van der Waals surface area contributed by atoms with Gasteiger partial charge >= 0.3 is 5.97 Å². The highest BCUT2D eigenvalue weighted by Crippen LogP contribution is 2.42. The number of benzene rings is 2. The van der Waals surface area contributed by atoms with Crippen LogP contribution in [0, 0.1) is 29.6 Å². The summed E-state index contributed by atoms with van der Waals surface area (Å²) in [4.78, 5) is 58.5. The molecule has 2 bridgehead atoms. The van der Waals surface area contributed by atoms with Crippen molar-refractivity contribution in [2.24, 2.45) is 29.6 Å². The molecule has 3 aliphatic heterocycles. The standard InChI is InChI=1S/C56H81NO13/c1-10-38-21-24-57-44(29-38)54(63)69-50(35(4)27-39-19-22-55(64,49(30-39)68-9)23-20-45(59)42-17-16-40-13-11-12-14-41(40)31-42)37(6)46(60)32-43(58)18-15-33(2)25-34(3)26-47(66-7)51-48(67-8)28-36(5)56(65,70-51)52(61)53(57)62/h11-17,27,31,34,36-39,44-51,59-60,64-65H,10,18-26,28-30,32H2,1-9H3/b33-15-,35-27?. The average Bonchev–Trinajstić information content (AvgIpc) is 3.35. The molecule has 2 aromatic carbocycles. The van der Waals surface area contributed by atoms with Gasteiger partial charge in [0.1, 0.15) is 24.0 Å². The first-order valence-corrected chi connectivity index (χ1v) is 25.7. The second-order valence-corrected chi connectivity index (χ2v) is 21.4. The number of hydrogen-bond acceptors (Lipinski definition) is 13. The van der Waals surface area contributed by atoms with E-state index in [1.807, 2.05) is 82.3 Å². The lowest BCUT2D eigenvalue weighted by Crippen LogP contribution is -2.64. The molecule has 0 radical (unpaired) electrons. The van der Waals surface area contributed by atoms with E-state index in [1.165, 1.54) is 19.1 Å². The van der Waals surface area contributed by atoms with Crippen LogP contribution in [0.25, 0.3) is 10.8 Å². The largest absolute Gasteiger partial charge is 0.456 e. The van der Waals surface area contributed by atoms with Crippen molar-refractivity contribution >= 4 is 34.2 Å². The van der Waals surface area contributed by atoms with E-state index in [4.69, 9.17) is 23.7 Å². The summed E-state index contributed by atoms with van der Waals surface area (Å²) in [5.41, 5.74) is 1.15. The summed E-state index contributed by atoms with van der Waals surface area (Å²) in [6.45, 7) is 11.2. The van der Waals surface area contributed by atoms with Gasteiger partial charge in [-0.1, -0.05) is 88.2 Å². The van der Waals surface area contributed by atoms with Gasteiger partial charge < -0.3 is 49.0 Å². The number of piperidine rings is 1. The van der Waals surface area contributed by atoms with E-state index >= 15 is 0 Å². The lowest BCUT2D eigenvalue weighted by molar-refractivity contribution is -0.302. The number of aliphatic hydroxyl groups is 4. The van der Waals surface area contributed by atoms with Gasteiger partial charge in [-0.25, -0.2) is 4.79 Å². The van der Waals surface area contributed by atoms with Crippen molar-refractivity contribution < 1.29 is 63.3 Å². The predicted molar refractivity (Wildman–Crippen MR) is 265 cm³/mol. The topological polar surface area (TPSA) is 199 Å². The molecule has 4 aliphatic rings. The number of fused-ring (bicyclic) bond motifs is 4. The maximum Gasteiger partial charge on any atom is 0.329 e. The molecule has 15 atom stereocenters. The number of carbonyl (C=O) groups is 4. The Labute approximate surface area is 415 Å². The van der Waals surface area contributed by atoms with Gasteiger partial charge in [0.25, 0.3) is 11.7 Å². The molecule has 14 heteroatoms. The molecule has 1 amide bonds. The normalized spacial score (nSPS) is 37.2. The molecular formula is C56H81NO13. The van der Waals surface area contributed by atoms with E-state index in [1.54, 1.807) is 21.0 Å². The smallest absolute Gasteiger partial charge is 0.329 e. The second kappa shape index (κ2) is 24.2. The Morgan fingerprint density at radius 3 is 2.30 bits per heavy atom. The predicted octanol–water partition coefficient (Wildman–Crippen LogP) is 7.51. The first-order valence-electron chi connectivity index (χ1n) is 25.7. The van der Waals surface area contributed by atoms with E-state index in [9.17, 15) is 39.6 Å². The molecule has 14 nitrogen and oxygen atoms in total. The minimum absolute atomic E-state index is 0.0206. The molecule has 1 saturated carbocycles. The van der Waals surface area contributed by atoms with E-state index in [-0.39, 0.29) is 55.8 Å². The van der Waals surface area contributed by atoms with Crippen molar-refractivity contribution in [2.45, 2.75) is 185 Å². The summed E-state index contributed by atoms with van der Waals surface area (Å²) in [6, 6.07) is 12.6. The highest BCUT2D eigenvalue weighted by atomic mass is 16.7. The van der Waals surface area contributed by atoms with Crippen molar-refractivity contribution in [3.05, 3.63) is 71.3 Å². The third-order valence-electron chi connectivity index (χ3n) is 16.3. The number of rotatable bonds is 10. The van der Waals surface area contributed by atoms with Gasteiger partial charge in [-0.3, -0.25) is 14.4 Å². The molecule has 70 heavy (non-hydrogen) atoms. The third kappa shape index (κ3) is 12.8. The highest BCUT2D eigenvalue weighted by molar-refractivity contribution is 6.39. The van der Waals surface area contributed by atoms with Gasteiger partial charge in [-0.2, -0.15) is 0 Å². The van der Waals surface area contributed by atoms with Crippen LogP contribution < -0.4 is 0 Å². The van der Waals surface area contributed by atoms with Crippen LogP contribution in [0.15, 0.2) is 65.8 Å². The van der Waals surface area contributed by atoms with Gasteiger partial charge in [-0.05, 0) is 124 Å². The second-order valence-electron chi connectivity index (χ2n) is 21.4. The summed E-state index contributed by atoms with van der Waals surface area (Å²) >= 11 is 0. The first-order chi connectivity index (χ1) is 33.2. The lowest BCUT2D eigenvalue weighted by Gasteiger charge is -2.47. The molecule has 0 spiro atoms. The zero-order valence-corrected chi connectivity index (χ0v) is 43.0. The average molecular weight is 976 g/mol. The fourth-order valence-corrected chi connectivity index (χ4v) is 11.7. The number of carbonyl (C=O) groups excluding carboxylic acids is 4. The highest BCUT2D eigenvalue weighted by Gasteiger charge is 2.57. The van der Waals surface area contributed by atoms with Gasteiger partial charge in [0.2, 0.25) is 5.79 Å². The van der Waals surface area contributed by atoms with Crippen LogP contribution in [0.4, 0.5) is 0 Å². The number of allylic oxidation sites excluding steroid dienone is 3. The molecule has 1 aliphatic carbocycles. The van der Waals surface area contributed by atoms with Crippen LogP contribution in [0.3, 0.4) is 0 Å². The number of nitrogens with zero attached hydrogens (tertiary/aromatic N) is 1. The van der Waals surface area contributed by atoms with Gasteiger partial charge in [-0.15, -0.1) is 0 Å². The molecule has 3 heterocycles. The number of ketones is 2. The maximum absolute atomic E-state index is 14.8. The number of Topliss-reactive ketones (excluding diaryl/α,β-unsaturated/α-hetero) is 2. The van der Waals surface area contributed by atoms with Crippen molar-refractivity contribution in [3.63, 3.8) is 0 Å². The van der Waals surface area contributed by atoms with Crippen LogP contribution >= 0.6 is 0 Å². The number of amides is 1. The molecule has 4 N–H and O–H groups in total. The Hall–Kier alpha value is -3.86. The summed E-state index contributed by atoms with van der Waals surface area (Å²) in [5, 5.41) is 49.3.